The predicted molar refractivity (Wildman–Crippen MR) is 142 cm³/mol. The molecule has 36 heavy (non-hydrogen) atoms. The fraction of sp³-hybridized carbons (Fsp3) is 0.387. The lowest BCUT2D eigenvalue weighted by molar-refractivity contribution is -0.156. The summed E-state index contributed by atoms with van der Waals surface area (Å²) in [6.07, 6.45) is 1.77. The van der Waals surface area contributed by atoms with Crippen LogP contribution in [0.4, 0.5) is 0 Å². The summed E-state index contributed by atoms with van der Waals surface area (Å²) in [6.45, 7) is 7.94. The van der Waals surface area contributed by atoms with Gasteiger partial charge >= 0.3 is 5.97 Å². The molecule has 0 spiro atoms. The molecule has 5 heteroatoms. The second-order valence-corrected chi connectivity index (χ2v) is 8.92. The first-order chi connectivity index (χ1) is 17.6. The maximum absolute atomic E-state index is 12.1. The highest BCUT2D eigenvalue weighted by atomic mass is 16.6. The highest BCUT2D eigenvalue weighted by Crippen LogP contribution is 2.47. The first kappa shape index (κ1) is 25.8. The molecule has 1 aliphatic rings. The quantitative estimate of drug-likeness (QED) is 0.255. The van der Waals surface area contributed by atoms with Crippen LogP contribution >= 0.6 is 0 Å². The molecule has 5 nitrogen and oxygen atoms in total. The van der Waals surface area contributed by atoms with E-state index in [0.29, 0.717) is 32.2 Å². The molecule has 0 bridgehead atoms. The van der Waals surface area contributed by atoms with Crippen LogP contribution in [-0.2, 0) is 20.7 Å². The Morgan fingerprint density at radius 3 is 2.28 bits per heavy atom. The Kier molecular flexibility index (Phi) is 9.01. The molecule has 2 unspecified atom stereocenters. The van der Waals surface area contributed by atoms with Crippen molar-refractivity contribution in [2.24, 2.45) is 0 Å². The van der Waals surface area contributed by atoms with Gasteiger partial charge in [-0.3, -0.25) is 0 Å². The molecule has 0 radical (unpaired) electrons. The summed E-state index contributed by atoms with van der Waals surface area (Å²) in [4.78, 5) is 12.1. The van der Waals surface area contributed by atoms with Gasteiger partial charge in [0.1, 0.15) is 11.5 Å². The average Bonchev–Trinajstić information content (AvgIpc) is 3.21. The number of fused-ring (bicyclic) bond motifs is 3. The van der Waals surface area contributed by atoms with Gasteiger partial charge in [0.25, 0.3) is 0 Å². The maximum Gasteiger partial charge on any atom is 0.335 e. The minimum Gasteiger partial charge on any atom is -0.494 e. The van der Waals surface area contributed by atoms with E-state index >= 15 is 0 Å². The number of carbonyl (C=O) groups is 1. The van der Waals surface area contributed by atoms with Crippen LogP contribution in [0, 0.1) is 0 Å². The van der Waals surface area contributed by atoms with Crippen LogP contribution in [-0.4, -0.2) is 38.5 Å². The van der Waals surface area contributed by atoms with Crippen molar-refractivity contribution in [2.45, 2.75) is 52.1 Å². The monoisotopic (exact) mass is 488 g/mol. The van der Waals surface area contributed by atoms with Gasteiger partial charge in [-0.25, -0.2) is 4.79 Å². The van der Waals surface area contributed by atoms with E-state index in [2.05, 4.69) is 49.4 Å². The van der Waals surface area contributed by atoms with Gasteiger partial charge in [0, 0.05) is 18.9 Å². The summed E-state index contributed by atoms with van der Waals surface area (Å²) < 4.78 is 22.7. The van der Waals surface area contributed by atoms with Crippen LogP contribution < -0.4 is 9.47 Å². The van der Waals surface area contributed by atoms with E-state index in [1.807, 2.05) is 31.2 Å². The molecule has 0 saturated carbocycles. The molecule has 1 aliphatic carbocycles. The maximum atomic E-state index is 12.1. The van der Waals surface area contributed by atoms with Gasteiger partial charge in [-0.05, 0) is 78.8 Å². The second kappa shape index (κ2) is 12.6. The van der Waals surface area contributed by atoms with Gasteiger partial charge in [-0.2, -0.15) is 0 Å². The highest BCUT2D eigenvalue weighted by Gasteiger charge is 2.28. The fourth-order valence-electron chi connectivity index (χ4n) is 4.78. The Morgan fingerprint density at radius 1 is 0.806 bits per heavy atom. The summed E-state index contributed by atoms with van der Waals surface area (Å²) in [6, 6.07) is 23.0. The third-order valence-electron chi connectivity index (χ3n) is 6.44. The van der Waals surface area contributed by atoms with Gasteiger partial charge in [-0.15, -0.1) is 0 Å². The Hall–Kier alpha value is -3.31. The zero-order valence-corrected chi connectivity index (χ0v) is 21.5. The molecule has 3 aromatic carbocycles. The molecule has 0 aliphatic heterocycles. The topological polar surface area (TPSA) is 54.0 Å². The summed E-state index contributed by atoms with van der Waals surface area (Å²) in [5, 5.41) is 0. The number of rotatable bonds is 13. The lowest BCUT2D eigenvalue weighted by Crippen LogP contribution is -2.28. The molecule has 0 N–H and O–H groups in total. The lowest BCUT2D eigenvalue weighted by atomic mass is 9.94. The smallest absolute Gasteiger partial charge is 0.335 e. The van der Waals surface area contributed by atoms with Crippen molar-refractivity contribution < 1.29 is 23.7 Å². The fourth-order valence-corrected chi connectivity index (χ4v) is 4.78. The van der Waals surface area contributed by atoms with Gasteiger partial charge in [0.15, 0.2) is 6.10 Å². The Labute approximate surface area is 214 Å². The molecule has 0 heterocycles. The Bertz CT molecular complexity index is 1140. The number of benzene rings is 3. The first-order valence-corrected chi connectivity index (χ1v) is 13.0. The lowest BCUT2D eigenvalue weighted by Gasteiger charge is -2.16. The van der Waals surface area contributed by atoms with Crippen molar-refractivity contribution in [3.05, 3.63) is 83.4 Å². The minimum atomic E-state index is -0.586. The molecule has 0 aromatic heterocycles. The van der Waals surface area contributed by atoms with E-state index in [9.17, 15) is 4.79 Å². The van der Waals surface area contributed by atoms with Crippen LogP contribution in [0.2, 0.25) is 0 Å². The zero-order valence-electron chi connectivity index (χ0n) is 21.5. The molecule has 0 amide bonds. The first-order valence-electron chi connectivity index (χ1n) is 13.0. The molecule has 0 saturated heterocycles. The second-order valence-electron chi connectivity index (χ2n) is 8.92. The van der Waals surface area contributed by atoms with Gasteiger partial charge in [0.2, 0.25) is 0 Å². The number of carbonyl (C=O) groups excluding carboxylic acids is 1. The number of hydrogen-bond donors (Lipinski definition) is 0. The normalized spacial score (nSPS) is 14.6. The summed E-state index contributed by atoms with van der Waals surface area (Å²) in [5.74, 6) is 1.72. The van der Waals surface area contributed by atoms with Crippen molar-refractivity contribution in [1.82, 2.24) is 0 Å². The Balaban J connectivity index is 1.38. The molecule has 190 valence electrons. The van der Waals surface area contributed by atoms with Gasteiger partial charge in [0.05, 0.1) is 19.8 Å². The number of hydrogen-bond acceptors (Lipinski definition) is 5. The van der Waals surface area contributed by atoms with E-state index in [1.165, 1.54) is 22.3 Å². The van der Waals surface area contributed by atoms with Gasteiger partial charge in [-0.1, -0.05) is 49.4 Å². The average molecular weight is 489 g/mol. The van der Waals surface area contributed by atoms with E-state index < -0.39 is 6.10 Å². The van der Waals surface area contributed by atoms with Crippen LogP contribution in [0.25, 0.3) is 11.1 Å². The summed E-state index contributed by atoms with van der Waals surface area (Å²) in [7, 11) is 0. The van der Waals surface area contributed by atoms with E-state index in [0.717, 1.165) is 36.5 Å². The third kappa shape index (κ3) is 6.08. The minimum absolute atomic E-state index is 0.298. The number of esters is 1. The highest BCUT2D eigenvalue weighted by molar-refractivity contribution is 5.79. The van der Waals surface area contributed by atoms with Crippen molar-refractivity contribution in [3.63, 3.8) is 0 Å². The molecule has 3 aromatic rings. The van der Waals surface area contributed by atoms with E-state index in [1.54, 1.807) is 6.92 Å². The van der Waals surface area contributed by atoms with Crippen LogP contribution in [0.15, 0.2) is 66.7 Å². The predicted octanol–water partition coefficient (Wildman–Crippen LogP) is 6.57. The van der Waals surface area contributed by atoms with Crippen molar-refractivity contribution in [3.8, 4) is 22.6 Å². The molecular formula is C31H36O5. The standard InChI is InChI=1S/C31H36O5/c1-4-18-35-24-15-16-27-28(25-9-7-8-10-26(25)29(27)21-24)17-19-36-23-13-11-22(12-14-23)20-30(33-5-2)31(32)34-6-3/h7-16,21,28,30H,4-6,17-20H2,1-3H3. The largest absolute Gasteiger partial charge is 0.494 e. The van der Waals surface area contributed by atoms with E-state index in [4.69, 9.17) is 18.9 Å². The van der Waals surface area contributed by atoms with Gasteiger partial charge < -0.3 is 18.9 Å². The Morgan fingerprint density at radius 2 is 1.53 bits per heavy atom. The van der Waals surface area contributed by atoms with E-state index in [-0.39, 0.29) is 5.97 Å². The SMILES string of the molecule is CCCOc1ccc2c(c1)-c1ccccc1C2CCOc1ccc(CC(OCC)C(=O)OCC)cc1. The molecular weight excluding hydrogens is 452 g/mol. The van der Waals surface area contributed by atoms with Crippen LogP contribution in [0.1, 0.15) is 56.2 Å². The zero-order chi connectivity index (χ0) is 25.3. The van der Waals surface area contributed by atoms with Crippen molar-refractivity contribution in [1.29, 1.82) is 0 Å². The molecule has 0 fully saturated rings. The third-order valence-corrected chi connectivity index (χ3v) is 6.44. The molecule has 2 atom stereocenters. The molecule has 4 rings (SSSR count). The summed E-state index contributed by atoms with van der Waals surface area (Å²) in [5.41, 5.74) is 6.24. The van der Waals surface area contributed by atoms with Crippen molar-refractivity contribution in [2.75, 3.05) is 26.4 Å². The summed E-state index contributed by atoms with van der Waals surface area (Å²) >= 11 is 0. The van der Waals surface area contributed by atoms with Crippen molar-refractivity contribution >= 4 is 5.97 Å². The number of ether oxygens (including phenoxy) is 4. The van der Waals surface area contributed by atoms with Crippen LogP contribution in [0.5, 0.6) is 11.5 Å². The van der Waals surface area contributed by atoms with Crippen LogP contribution in [0.3, 0.4) is 0 Å².